The van der Waals surface area contributed by atoms with Crippen LogP contribution in [0.3, 0.4) is 0 Å². The monoisotopic (exact) mass is 506 g/mol. The zero-order chi connectivity index (χ0) is 26.2. The van der Waals surface area contributed by atoms with Gasteiger partial charge in [-0.15, -0.1) is 0 Å². The summed E-state index contributed by atoms with van der Waals surface area (Å²) in [5.74, 6) is -0.110. The number of ether oxygens (including phenoxy) is 1. The number of rotatable bonds is 6. The fourth-order valence-corrected chi connectivity index (χ4v) is 5.15. The first kappa shape index (κ1) is 23.7. The highest BCUT2D eigenvalue weighted by molar-refractivity contribution is 6.05. The minimum absolute atomic E-state index is 0.187. The summed E-state index contributed by atoms with van der Waals surface area (Å²) in [5.41, 5.74) is 6.17. The molecule has 0 bridgehead atoms. The molecule has 4 aromatic rings. The molecule has 2 aliphatic heterocycles. The lowest BCUT2D eigenvalue weighted by Gasteiger charge is -2.29. The Balaban J connectivity index is 1.23. The topological polar surface area (TPSA) is 93.5 Å². The second-order valence-corrected chi connectivity index (χ2v) is 9.62. The number of hydrogen-bond donors (Lipinski definition) is 1. The number of nitrogens with one attached hydrogen (secondary N) is 1. The Hall–Kier alpha value is -4.72. The van der Waals surface area contributed by atoms with Crippen LogP contribution in [0.5, 0.6) is 5.75 Å². The van der Waals surface area contributed by atoms with Crippen molar-refractivity contribution in [1.29, 1.82) is 0 Å². The van der Waals surface area contributed by atoms with Crippen molar-refractivity contribution in [1.82, 2.24) is 19.8 Å². The Labute approximate surface area is 219 Å². The Bertz CT molecular complexity index is 1540. The zero-order valence-corrected chi connectivity index (χ0v) is 20.9. The number of imide groups is 1. The molecular weight excluding hydrogens is 480 g/mol. The second-order valence-electron chi connectivity index (χ2n) is 9.62. The first-order valence-corrected chi connectivity index (χ1v) is 12.5. The van der Waals surface area contributed by atoms with Gasteiger partial charge in [-0.2, -0.15) is 0 Å². The van der Waals surface area contributed by atoms with E-state index in [1.54, 1.807) is 17.3 Å². The number of aromatic nitrogens is 2. The zero-order valence-electron chi connectivity index (χ0n) is 20.9. The Morgan fingerprint density at radius 1 is 0.974 bits per heavy atom. The van der Waals surface area contributed by atoms with E-state index in [9.17, 15) is 14.4 Å². The first-order valence-electron chi connectivity index (χ1n) is 12.5. The molecule has 3 heterocycles. The van der Waals surface area contributed by atoms with E-state index in [0.29, 0.717) is 25.1 Å². The Kier molecular flexibility index (Phi) is 5.99. The van der Waals surface area contributed by atoms with E-state index in [1.165, 1.54) is 0 Å². The van der Waals surface area contributed by atoms with Gasteiger partial charge in [0.2, 0.25) is 11.8 Å². The van der Waals surface area contributed by atoms with Gasteiger partial charge in [-0.05, 0) is 53.9 Å². The molecule has 8 nitrogen and oxygen atoms in total. The maximum atomic E-state index is 13.1. The summed E-state index contributed by atoms with van der Waals surface area (Å²) in [6, 6.07) is 23.0. The molecule has 1 N–H and O–H groups in total. The van der Waals surface area contributed by atoms with Crippen molar-refractivity contribution >= 4 is 17.7 Å². The van der Waals surface area contributed by atoms with Gasteiger partial charge >= 0.3 is 0 Å². The standard InChI is InChI=1S/C30H26N4O4/c1-33-18-31-27(28(33)20-7-10-23(11-8-20)38-17-19-5-3-2-4-6-19)21-9-12-24-22(15-21)16-34(30(24)37)25-13-14-26(35)32-29(25)36/h2-12,15,18,25H,13-14,16-17H2,1H3,(H,32,35,36). The van der Waals surface area contributed by atoms with Crippen molar-refractivity contribution in [2.24, 2.45) is 7.05 Å². The van der Waals surface area contributed by atoms with Crippen LogP contribution in [0.2, 0.25) is 0 Å². The molecule has 1 fully saturated rings. The van der Waals surface area contributed by atoms with Crippen LogP contribution in [-0.2, 0) is 29.8 Å². The lowest BCUT2D eigenvalue weighted by atomic mass is 10.0. The second kappa shape index (κ2) is 9.63. The number of hydrogen-bond acceptors (Lipinski definition) is 5. The minimum atomic E-state index is -0.635. The van der Waals surface area contributed by atoms with Gasteiger partial charge in [0.25, 0.3) is 5.91 Å². The highest BCUT2D eigenvalue weighted by Gasteiger charge is 2.39. The number of piperidine rings is 1. The van der Waals surface area contributed by atoms with Crippen LogP contribution in [0.4, 0.5) is 0 Å². The Morgan fingerprint density at radius 3 is 2.50 bits per heavy atom. The van der Waals surface area contributed by atoms with Crippen LogP contribution in [0, 0.1) is 0 Å². The highest BCUT2D eigenvalue weighted by Crippen LogP contribution is 2.35. The van der Waals surface area contributed by atoms with E-state index in [2.05, 4.69) is 10.3 Å². The summed E-state index contributed by atoms with van der Waals surface area (Å²) >= 11 is 0. The van der Waals surface area contributed by atoms with Crippen LogP contribution in [0.1, 0.15) is 34.3 Å². The molecule has 3 amide bonds. The first-order chi connectivity index (χ1) is 18.5. The molecule has 0 aliphatic carbocycles. The third-order valence-corrected chi connectivity index (χ3v) is 7.11. The summed E-state index contributed by atoms with van der Waals surface area (Å²) in [5, 5.41) is 2.35. The van der Waals surface area contributed by atoms with Gasteiger partial charge in [0.05, 0.1) is 17.7 Å². The van der Waals surface area contributed by atoms with Crippen LogP contribution in [0.25, 0.3) is 22.5 Å². The lowest BCUT2D eigenvalue weighted by Crippen LogP contribution is -2.52. The summed E-state index contributed by atoms with van der Waals surface area (Å²) < 4.78 is 7.91. The van der Waals surface area contributed by atoms with Crippen LogP contribution < -0.4 is 10.1 Å². The van der Waals surface area contributed by atoms with Gasteiger partial charge in [0, 0.05) is 36.7 Å². The Morgan fingerprint density at radius 2 is 1.74 bits per heavy atom. The maximum Gasteiger partial charge on any atom is 0.255 e. The van der Waals surface area contributed by atoms with Crippen LogP contribution >= 0.6 is 0 Å². The molecule has 0 radical (unpaired) electrons. The third kappa shape index (κ3) is 4.34. The molecule has 1 unspecified atom stereocenters. The van der Waals surface area contributed by atoms with Crippen molar-refractivity contribution < 1.29 is 19.1 Å². The van der Waals surface area contributed by atoms with E-state index < -0.39 is 11.9 Å². The molecule has 2 aliphatic rings. The third-order valence-electron chi connectivity index (χ3n) is 7.11. The number of amides is 3. The van der Waals surface area contributed by atoms with Crippen molar-refractivity contribution in [2.75, 3.05) is 0 Å². The van der Waals surface area contributed by atoms with Crippen molar-refractivity contribution in [3.63, 3.8) is 0 Å². The van der Waals surface area contributed by atoms with E-state index in [0.717, 1.165) is 39.4 Å². The van der Waals surface area contributed by atoms with Crippen molar-refractivity contribution in [2.45, 2.75) is 32.0 Å². The molecule has 38 heavy (non-hydrogen) atoms. The van der Waals surface area contributed by atoms with Gasteiger partial charge in [-0.25, -0.2) is 4.98 Å². The molecule has 0 saturated carbocycles. The van der Waals surface area contributed by atoms with Crippen molar-refractivity contribution in [3.05, 3.63) is 95.8 Å². The number of fused-ring (bicyclic) bond motifs is 1. The predicted octanol–water partition coefficient (Wildman–Crippen LogP) is 4.09. The largest absolute Gasteiger partial charge is 0.489 e. The fraction of sp³-hybridized carbons (Fsp3) is 0.200. The summed E-state index contributed by atoms with van der Waals surface area (Å²) in [6.45, 7) is 0.824. The lowest BCUT2D eigenvalue weighted by molar-refractivity contribution is -0.136. The summed E-state index contributed by atoms with van der Waals surface area (Å²) in [6.07, 6.45) is 2.35. The van der Waals surface area contributed by atoms with Crippen LogP contribution in [-0.4, -0.2) is 38.2 Å². The van der Waals surface area contributed by atoms with E-state index >= 15 is 0 Å². The smallest absolute Gasteiger partial charge is 0.255 e. The van der Waals surface area contributed by atoms with Gasteiger partial charge < -0.3 is 14.2 Å². The number of carbonyl (C=O) groups excluding carboxylic acids is 3. The molecule has 190 valence electrons. The van der Waals surface area contributed by atoms with Gasteiger partial charge in [-0.3, -0.25) is 19.7 Å². The number of imidazole rings is 1. The fourth-order valence-electron chi connectivity index (χ4n) is 5.15. The average molecular weight is 507 g/mol. The summed E-state index contributed by atoms with van der Waals surface area (Å²) in [7, 11) is 1.95. The maximum absolute atomic E-state index is 13.1. The molecule has 1 aromatic heterocycles. The quantitative estimate of drug-likeness (QED) is 0.398. The van der Waals surface area contributed by atoms with Gasteiger partial charge in [-0.1, -0.05) is 36.4 Å². The molecule has 1 atom stereocenters. The minimum Gasteiger partial charge on any atom is -0.489 e. The number of carbonyl (C=O) groups is 3. The van der Waals surface area contributed by atoms with E-state index in [1.807, 2.05) is 78.3 Å². The number of nitrogens with zero attached hydrogens (tertiary/aromatic N) is 3. The van der Waals surface area contributed by atoms with Crippen molar-refractivity contribution in [3.8, 4) is 28.3 Å². The van der Waals surface area contributed by atoms with Gasteiger partial charge in [0.15, 0.2) is 0 Å². The molecule has 1 saturated heterocycles. The average Bonchev–Trinajstić information content (AvgIpc) is 3.47. The highest BCUT2D eigenvalue weighted by atomic mass is 16.5. The molecule has 3 aromatic carbocycles. The molecular formula is C30H26N4O4. The number of aryl methyl sites for hydroxylation is 1. The normalized spacial score (nSPS) is 16.9. The SMILES string of the molecule is Cn1cnc(-c2ccc3c(c2)CN(C2CCC(=O)NC2=O)C3=O)c1-c1ccc(OCc2ccccc2)cc1. The van der Waals surface area contributed by atoms with Gasteiger partial charge in [0.1, 0.15) is 18.4 Å². The number of benzene rings is 3. The molecule has 0 spiro atoms. The summed E-state index contributed by atoms with van der Waals surface area (Å²) in [4.78, 5) is 43.2. The van der Waals surface area contributed by atoms with E-state index in [4.69, 9.17) is 4.74 Å². The molecule has 8 heteroatoms. The van der Waals surface area contributed by atoms with E-state index in [-0.39, 0.29) is 18.2 Å². The predicted molar refractivity (Wildman–Crippen MR) is 141 cm³/mol. The molecule has 6 rings (SSSR count). The van der Waals surface area contributed by atoms with Crippen LogP contribution in [0.15, 0.2) is 79.1 Å².